The number of likely N-dealkylation sites (tertiary alicyclic amines) is 2. The Labute approximate surface area is 139 Å². The molecule has 1 spiro atoms. The second-order valence-corrected chi connectivity index (χ2v) is 8.42. The van der Waals surface area contributed by atoms with Gasteiger partial charge in [0.1, 0.15) is 0 Å². The van der Waals surface area contributed by atoms with Crippen molar-refractivity contribution in [3.63, 3.8) is 0 Å². The standard InChI is InChI=1S/C19H30N2O2/c22-17(16-7-8-16)21-12-10-19(14-21)9-4-11-20(18(19)23)13-15-5-2-1-3-6-15/h15-16H,1-14H2. The third kappa shape index (κ3) is 3.01. The average Bonchev–Trinajstić information content (AvgIpc) is 3.34. The van der Waals surface area contributed by atoms with Gasteiger partial charge in [0.25, 0.3) is 0 Å². The van der Waals surface area contributed by atoms with Gasteiger partial charge in [-0.25, -0.2) is 0 Å². The second kappa shape index (κ2) is 6.10. The largest absolute Gasteiger partial charge is 0.342 e. The molecule has 0 aromatic heterocycles. The molecular formula is C19H30N2O2. The Kier molecular flexibility index (Phi) is 4.10. The first-order valence-electron chi connectivity index (χ1n) is 9.76. The zero-order valence-electron chi connectivity index (χ0n) is 14.3. The maximum Gasteiger partial charge on any atom is 0.230 e. The van der Waals surface area contributed by atoms with Crippen LogP contribution in [0.1, 0.15) is 64.2 Å². The number of nitrogens with zero attached hydrogens (tertiary/aromatic N) is 2. The van der Waals surface area contributed by atoms with E-state index in [9.17, 15) is 9.59 Å². The summed E-state index contributed by atoms with van der Waals surface area (Å²) < 4.78 is 0. The molecule has 2 heterocycles. The van der Waals surface area contributed by atoms with Crippen molar-refractivity contribution in [3.8, 4) is 0 Å². The van der Waals surface area contributed by atoms with Gasteiger partial charge in [-0.15, -0.1) is 0 Å². The molecule has 2 amide bonds. The molecule has 23 heavy (non-hydrogen) atoms. The fourth-order valence-electron chi connectivity index (χ4n) is 5.04. The Balaban J connectivity index is 1.40. The van der Waals surface area contributed by atoms with Crippen LogP contribution < -0.4 is 0 Å². The Bertz CT molecular complexity index is 482. The number of carbonyl (C=O) groups excluding carboxylic acids is 2. The molecule has 4 nitrogen and oxygen atoms in total. The topological polar surface area (TPSA) is 40.6 Å². The zero-order chi connectivity index (χ0) is 15.9. The highest BCUT2D eigenvalue weighted by Crippen LogP contribution is 2.42. The third-order valence-corrected chi connectivity index (χ3v) is 6.62. The predicted molar refractivity (Wildman–Crippen MR) is 88.7 cm³/mol. The lowest BCUT2D eigenvalue weighted by molar-refractivity contribution is -0.147. The van der Waals surface area contributed by atoms with Gasteiger partial charge in [0.2, 0.25) is 11.8 Å². The van der Waals surface area contributed by atoms with Crippen molar-refractivity contribution in [1.82, 2.24) is 9.80 Å². The highest BCUT2D eigenvalue weighted by Gasteiger charge is 2.50. The fraction of sp³-hybridized carbons (Fsp3) is 0.895. The molecule has 128 valence electrons. The molecule has 0 N–H and O–H groups in total. The smallest absolute Gasteiger partial charge is 0.230 e. The van der Waals surface area contributed by atoms with Crippen molar-refractivity contribution in [2.75, 3.05) is 26.2 Å². The first-order chi connectivity index (χ1) is 11.2. The van der Waals surface area contributed by atoms with E-state index in [1.165, 1.54) is 32.1 Å². The number of piperidine rings is 1. The molecule has 4 rings (SSSR count). The Morgan fingerprint density at radius 3 is 2.52 bits per heavy atom. The number of carbonyl (C=O) groups is 2. The van der Waals surface area contributed by atoms with E-state index < -0.39 is 0 Å². The van der Waals surface area contributed by atoms with Crippen molar-refractivity contribution < 1.29 is 9.59 Å². The van der Waals surface area contributed by atoms with Gasteiger partial charge in [-0.05, 0) is 50.9 Å². The molecule has 0 aromatic rings. The monoisotopic (exact) mass is 318 g/mol. The summed E-state index contributed by atoms with van der Waals surface area (Å²) in [4.78, 5) is 29.7. The first kappa shape index (κ1) is 15.5. The molecule has 0 radical (unpaired) electrons. The minimum Gasteiger partial charge on any atom is -0.342 e. The molecule has 2 saturated heterocycles. The third-order valence-electron chi connectivity index (χ3n) is 6.62. The van der Waals surface area contributed by atoms with Crippen LogP contribution in [-0.4, -0.2) is 47.8 Å². The number of rotatable bonds is 3. The van der Waals surface area contributed by atoms with E-state index in [2.05, 4.69) is 4.90 Å². The summed E-state index contributed by atoms with van der Waals surface area (Å²) in [6.07, 6.45) is 11.7. The van der Waals surface area contributed by atoms with Crippen molar-refractivity contribution in [3.05, 3.63) is 0 Å². The number of amides is 2. The minimum atomic E-state index is -0.239. The van der Waals surface area contributed by atoms with Crippen LogP contribution in [0.3, 0.4) is 0 Å². The van der Waals surface area contributed by atoms with E-state index in [0.29, 0.717) is 24.3 Å². The Hall–Kier alpha value is -1.06. The van der Waals surface area contributed by atoms with Crippen LogP contribution in [0, 0.1) is 17.3 Å². The van der Waals surface area contributed by atoms with Gasteiger partial charge in [-0.1, -0.05) is 19.3 Å². The summed E-state index contributed by atoms with van der Waals surface area (Å²) in [5.74, 6) is 1.68. The van der Waals surface area contributed by atoms with Crippen molar-refractivity contribution in [2.24, 2.45) is 17.3 Å². The van der Waals surface area contributed by atoms with Crippen LogP contribution in [0.4, 0.5) is 0 Å². The van der Waals surface area contributed by atoms with Crippen LogP contribution >= 0.6 is 0 Å². The Morgan fingerprint density at radius 1 is 1.00 bits per heavy atom. The highest BCUT2D eigenvalue weighted by molar-refractivity contribution is 5.87. The molecule has 4 fully saturated rings. The maximum absolute atomic E-state index is 13.2. The van der Waals surface area contributed by atoms with Crippen LogP contribution in [0.5, 0.6) is 0 Å². The Morgan fingerprint density at radius 2 is 1.78 bits per heavy atom. The van der Waals surface area contributed by atoms with Crippen LogP contribution in [0.25, 0.3) is 0 Å². The molecule has 0 aromatic carbocycles. The van der Waals surface area contributed by atoms with E-state index in [1.54, 1.807) is 0 Å². The van der Waals surface area contributed by atoms with Gasteiger partial charge >= 0.3 is 0 Å². The molecule has 4 heteroatoms. The SMILES string of the molecule is O=C(C1CC1)N1CCC2(CCCN(CC3CCCCC3)C2=O)C1. The lowest BCUT2D eigenvalue weighted by Crippen LogP contribution is -2.51. The molecule has 1 unspecified atom stereocenters. The molecule has 2 saturated carbocycles. The summed E-state index contributed by atoms with van der Waals surface area (Å²) in [5.41, 5.74) is -0.239. The summed E-state index contributed by atoms with van der Waals surface area (Å²) >= 11 is 0. The fourth-order valence-corrected chi connectivity index (χ4v) is 5.04. The van der Waals surface area contributed by atoms with Crippen molar-refractivity contribution in [2.45, 2.75) is 64.2 Å². The summed E-state index contributed by atoms with van der Waals surface area (Å²) in [5, 5.41) is 0. The maximum atomic E-state index is 13.2. The van der Waals surface area contributed by atoms with Crippen molar-refractivity contribution >= 4 is 11.8 Å². The van der Waals surface area contributed by atoms with E-state index in [1.807, 2.05) is 4.90 Å². The van der Waals surface area contributed by atoms with Gasteiger partial charge in [0.15, 0.2) is 0 Å². The molecule has 0 bridgehead atoms. The van der Waals surface area contributed by atoms with E-state index in [0.717, 1.165) is 51.7 Å². The molecule has 2 aliphatic carbocycles. The zero-order valence-corrected chi connectivity index (χ0v) is 14.3. The lowest BCUT2D eigenvalue weighted by Gasteiger charge is -2.41. The van der Waals surface area contributed by atoms with E-state index >= 15 is 0 Å². The van der Waals surface area contributed by atoms with Gasteiger partial charge in [-0.2, -0.15) is 0 Å². The molecule has 4 aliphatic rings. The minimum absolute atomic E-state index is 0.239. The predicted octanol–water partition coefficient (Wildman–Crippen LogP) is 2.82. The summed E-state index contributed by atoms with van der Waals surface area (Å²) in [6, 6.07) is 0. The molecule has 2 aliphatic heterocycles. The van der Waals surface area contributed by atoms with Gasteiger partial charge in [-0.3, -0.25) is 9.59 Å². The molecular weight excluding hydrogens is 288 g/mol. The summed E-state index contributed by atoms with van der Waals surface area (Å²) in [6.45, 7) is 3.41. The van der Waals surface area contributed by atoms with Crippen molar-refractivity contribution in [1.29, 1.82) is 0 Å². The molecule has 1 atom stereocenters. The second-order valence-electron chi connectivity index (χ2n) is 8.42. The normalized spacial score (nSPS) is 32.8. The van der Waals surface area contributed by atoms with Crippen LogP contribution in [-0.2, 0) is 9.59 Å². The number of hydrogen-bond donors (Lipinski definition) is 0. The lowest BCUT2D eigenvalue weighted by atomic mass is 9.77. The first-order valence-corrected chi connectivity index (χ1v) is 9.76. The van der Waals surface area contributed by atoms with Crippen LogP contribution in [0.2, 0.25) is 0 Å². The summed E-state index contributed by atoms with van der Waals surface area (Å²) in [7, 11) is 0. The highest BCUT2D eigenvalue weighted by atomic mass is 16.2. The van der Waals surface area contributed by atoms with E-state index in [4.69, 9.17) is 0 Å². The van der Waals surface area contributed by atoms with Crippen LogP contribution in [0.15, 0.2) is 0 Å². The van der Waals surface area contributed by atoms with Gasteiger partial charge in [0.05, 0.1) is 5.41 Å². The number of hydrogen-bond acceptors (Lipinski definition) is 2. The van der Waals surface area contributed by atoms with Gasteiger partial charge < -0.3 is 9.80 Å². The average molecular weight is 318 g/mol. The quantitative estimate of drug-likeness (QED) is 0.803. The van der Waals surface area contributed by atoms with E-state index in [-0.39, 0.29) is 11.3 Å². The van der Waals surface area contributed by atoms with Gasteiger partial charge in [0, 0.05) is 32.1 Å².